The largest absolute Gasteiger partial charge is 0.440 e. The topological polar surface area (TPSA) is 70.9 Å². The summed E-state index contributed by atoms with van der Waals surface area (Å²) in [6.45, 7) is 0. The van der Waals surface area contributed by atoms with Crippen molar-refractivity contribution in [2.75, 3.05) is 5.32 Å². The lowest BCUT2D eigenvalue weighted by molar-refractivity contribution is 0.0997. The maximum Gasteiger partial charge on any atom is 0.291 e. The van der Waals surface area contributed by atoms with E-state index in [2.05, 4.69) is 15.5 Å². The van der Waals surface area contributed by atoms with Crippen molar-refractivity contribution in [2.45, 2.75) is 0 Å². The summed E-state index contributed by atoms with van der Waals surface area (Å²) >= 11 is 5.52. The van der Waals surface area contributed by atoms with Crippen LogP contribution in [0.3, 0.4) is 0 Å². The number of rotatable bonds is 2. The lowest BCUT2D eigenvalue weighted by Gasteiger charge is -1.96. The first-order chi connectivity index (χ1) is 6.75. The Balaban J connectivity index is 2.10. The van der Waals surface area contributed by atoms with Crippen molar-refractivity contribution in [1.29, 1.82) is 0 Å². The Morgan fingerprint density at radius 3 is 3.00 bits per heavy atom. The third-order valence-electron chi connectivity index (χ3n) is 1.55. The molecule has 0 spiro atoms. The molecule has 0 aliphatic heterocycles. The number of amides is 1. The number of carbonyl (C=O) groups is 1. The molecule has 0 bridgehead atoms. The molecular weight excluding hydrogens is 206 g/mol. The molecule has 0 unspecified atom stereocenters. The lowest BCUT2D eigenvalue weighted by atomic mass is 10.4. The van der Waals surface area contributed by atoms with Gasteiger partial charge in [0.05, 0.1) is 11.9 Å². The summed E-state index contributed by atoms with van der Waals surface area (Å²) in [5.74, 6) is -0.200. The van der Waals surface area contributed by atoms with Crippen LogP contribution < -0.4 is 5.32 Å². The van der Waals surface area contributed by atoms with E-state index in [1.807, 2.05) is 0 Å². The maximum atomic E-state index is 11.4. The zero-order valence-corrected chi connectivity index (χ0v) is 7.71. The third kappa shape index (κ3) is 1.77. The van der Waals surface area contributed by atoms with E-state index in [1.165, 1.54) is 18.3 Å². The molecule has 2 aromatic rings. The predicted molar refractivity (Wildman–Crippen MR) is 50.3 cm³/mol. The van der Waals surface area contributed by atoms with E-state index in [9.17, 15) is 4.79 Å². The van der Waals surface area contributed by atoms with Crippen LogP contribution in [-0.4, -0.2) is 16.1 Å². The summed E-state index contributed by atoms with van der Waals surface area (Å²) in [6.07, 6.45) is 3.05. The van der Waals surface area contributed by atoms with Gasteiger partial charge >= 0.3 is 0 Å². The molecule has 0 radical (unpaired) electrons. The van der Waals surface area contributed by atoms with Crippen LogP contribution in [0.25, 0.3) is 0 Å². The van der Waals surface area contributed by atoms with Crippen LogP contribution in [0.2, 0.25) is 5.22 Å². The SMILES string of the molecule is O=C(Nc1cn[nH]c1)c1ccc(Cl)o1. The highest BCUT2D eigenvalue weighted by Crippen LogP contribution is 2.14. The quantitative estimate of drug-likeness (QED) is 0.797. The van der Waals surface area contributed by atoms with Crippen LogP contribution in [0.15, 0.2) is 28.9 Å². The Hall–Kier alpha value is -1.75. The summed E-state index contributed by atoms with van der Waals surface area (Å²) < 4.78 is 4.92. The smallest absolute Gasteiger partial charge is 0.291 e. The number of hydrogen-bond acceptors (Lipinski definition) is 3. The molecule has 6 heteroatoms. The van der Waals surface area contributed by atoms with Crippen molar-refractivity contribution >= 4 is 23.2 Å². The Morgan fingerprint density at radius 1 is 1.57 bits per heavy atom. The number of anilines is 1. The van der Waals surface area contributed by atoms with Gasteiger partial charge in [0.15, 0.2) is 11.0 Å². The van der Waals surface area contributed by atoms with Gasteiger partial charge in [-0.2, -0.15) is 5.10 Å². The fraction of sp³-hybridized carbons (Fsp3) is 0. The van der Waals surface area contributed by atoms with Crippen LogP contribution in [0.1, 0.15) is 10.6 Å². The number of furan rings is 1. The van der Waals surface area contributed by atoms with Gasteiger partial charge in [0, 0.05) is 6.20 Å². The molecule has 0 aliphatic rings. The van der Waals surface area contributed by atoms with Crippen LogP contribution in [0, 0.1) is 0 Å². The predicted octanol–water partition coefficient (Wildman–Crippen LogP) is 1.91. The summed E-state index contributed by atoms with van der Waals surface area (Å²) in [5, 5.41) is 9.00. The number of nitrogens with zero attached hydrogens (tertiary/aromatic N) is 1. The molecular formula is C8H6ClN3O2. The van der Waals surface area contributed by atoms with Crippen molar-refractivity contribution in [2.24, 2.45) is 0 Å². The van der Waals surface area contributed by atoms with Crippen LogP contribution in [-0.2, 0) is 0 Å². The number of carbonyl (C=O) groups excluding carboxylic acids is 1. The van der Waals surface area contributed by atoms with Gasteiger partial charge in [0.1, 0.15) is 0 Å². The fourth-order valence-corrected chi connectivity index (χ4v) is 1.09. The van der Waals surface area contributed by atoms with E-state index >= 15 is 0 Å². The molecule has 0 aromatic carbocycles. The van der Waals surface area contributed by atoms with Crippen molar-refractivity contribution in [3.63, 3.8) is 0 Å². The van der Waals surface area contributed by atoms with Gasteiger partial charge in [-0.05, 0) is 23.7 Å². The highest BCUT2D eigenvalue weighted by molar-refractivity contribution is 6.29. The molecule has 0 fully saturated rings. The summed E-state index contributed by atoms with van der Waals surface area (Å²) in [5.41, 5.74) is 0.572. The zero-order valence-electron chi connectivity index (χ0n) is 6.95. The number of H-pyrrole nitrogens is 1. The van der Waals surface area contributed by atoms with E-state index < -0.39 is 0 Å². The van der Waals surface area contributed by atoms with Crippen LogP contribution >= 0.6 is 11.6 Å². The molecule has 0 atom stereocenters. The number of aromatic amines is 1. The molecule has 2 heterocycles. The number of halogens is 1. The van der Waals surface area contributed by atoms with Crippen LogP contribution in [0.5, 0.6) is 0 Å². The summed E-state index contributed by atoms with van der Waals surface area (Å²) in [7, 11) is 0. The molecule has 2 N–H and O–H groups in total. The molecule has 0 aliphatic carbocycles. The minimum atomic E-state index is -0.363. The minimum absolute atomic E-state index is 0.163. The normalized spacial score (nSPS) is 10.1. The summed E-state index contributed by atoms with van der Waals surface area (Å²) in [6, 6.07) is 3.00. The number of hydrogen-bond donors (Lipinski definition) is 2. The minimum Gasteiger partial charge on any atom is -0.440 e. The molecule has 14 heavy (non-hydrogen) atoms. The van der Waals surface area contributed by atoms with Crippen molar-refractivity contribution in [3.05, 3.63) is 35.5 Å². The molecule has 72 valence electrons. The van der Waals surface area contributed by atoms with E-state index in [0.29, 0.717) is 5.69 Å². The van der Waals surface area contributed by atoms with Gasteiger partial charge in [-0.15, -0.1) is 0 Å². The van der Waals surface area contributed by atoms with E-state index in [1.54, 1.807) is 6.20 Å². The monoisotopic (exact) mass is 211 g/mol. The molecule has 2 rings (SSSR count). The van der Waals surface area contributed by atoms with E-state index in [0.717, 1.165) is 0 Å². The Bertz CT molecular complexity index is 435. The highest BCUT2D eigenvalue weighted by atomic mass is 35.5. The second kappa shape index (κ2) is 3.55. The first-order valence-electron chi connectivity index (χ1n) is 3.81. The van der Waals surface area contributed by atoms with Gasteiger partial charge < -0.3 is 9.73 Å². The lowest BCUT2D eigenvalue weighted by Crippen LogP contribution is -2.09. The number of nitrogens with one attached hydrogen (secondary N) is 2. The first-order valence-corrected chi connectivity index (χ1v) is 4.19. The third-order valence-corrected chi connectivity index (χ3v) is 1.76. The molecule has 1 amide bonds. The Kier molecular flexibility index (Phi) is 2.24. The van der Waals surface area contributed by atoms with Gasteiger partial charge in [-0.25, -0.2) is 0 Å². The molecule has 5 nitrogen and oxygen atoms in total. The average molecular weight is 212 g/mol. The molecule has 0 saturated carbocycles. The Morgan fingerprint density at radius 2 is 2.43 bits per heavy atom. The average Bonchev–Trinajstić information content (AvgIpc) is 2.75. The first kappa shape index (κ1) is 8.83. The van der Waals surface area contributed by atoms with Crippen molar-refractivity contribution in [1.82, 2.24) is 10.2 Å². The number of aromatic nitrogens is 2. The highest BCUT2D eigenvalue weighted by Gasteiger charge is 2.10. The summed E-state index contributed by atoms with van der Waals surface area (Å²) in [4.78, 5) is 11.4. The maximum absolute atomic E-state index is 11.4. The second-order valence-electron chi connectivity index (χ2n) is 2.54. The zero-order chi connectivity index (χ0) is 9.97. The molecule has 2 aromatic heterocycles. The standard InChI is InChI=1S/C8H6ClN3O2/c9-7-2-1-6(14-7)8(13)12-5-3-10-11-4-5/h1-4H,(H,10,11)(H,12,13). The Labute approximate surface area is 84.1 Å². The van der Waals surface area contributed by atoms with Crippen molar-refractivity contribution in [3.8, 4) is 0 Å². The molecule has 0 saturated heterocycles. The van der Waals surface area contributed by atoms with Gasteiger partial charge in [0.25, 0.3) is 5.91 Å². The van der Waals surface area contributed by atoms with Gasteiger partial charge in [-0.3, -0.25) is 9.89 Å². The van der Waals surface area contributed by atoms with E-state index in [-0.39, 0.29) is 16.9 Å². The van der Waals surface area contributed by atoms with Crippen LogP contribution in [0.4, 0.5) is 5.69 Å². The van der Waals surface area contributed by atoms with Gasteiger partial charge in [-0.1, -0.05) is 0 Å². The van der Waals surface area contributed by atoms with Gasteiger partial charge in [0.2, 0.25) is 0 Å². The van der Waals surface area contributed by atoms with E-state index in [4.69, 9.17) is 16.0 Å². The van der Waals surface area contributed by atoms with Crippen molar-refractivity contribution < 1.29 is 9.21 Å². The second-order valence-corrected chi connectivity index (χ2v) is 2.92. The fourth-order valence-electron chi connectivity index (χ4n) is 0.948.